The molecule has 1 aliphatic carbocycles. The molecule has 2 heterocycles. The van der Waals surface area contributed by atoms with Gasteiger partial charge in [0.1, 0.15) is 5.75 Å². The maximum atomic E-state index is 14.2. The number of nitrogens with zero attached hydrogens (tertiary/aromatic N) is 3. The number of hydrogen-bond acceptors (Lipinski definition) is 6. The quantitative estimate of drug-likeness (QED) is 0.771. The van der Waals surface area contributed by atoms with Gasteiger partial charge in [0.15, 0.2) is 0 Å². The molecule has 160 valence electrons. The van der Waals surface area contributed by atoms with Gasteiger partial charge in [0.2, 0.25) is 0 Å². The van der Waals surface area contributed by atoms with Gasteiger partial charge in [-0.2, -0.15) is 13.9 Å². The average Bonchev–Trinajstić information content (AvgIpc) is 3.41. The molecule has 1 atom stereocenters. The zero-order chi connectivity index (χ0) is 21.6. The molecule has 0 saturated heterocycles. The monoisotopic (exact) mass is 420 g/mol. The van der Waals surface area contributed by atoms with Gasteiger partial charge < -0.3 is 15.3 Å². The molecule has 2 N–H and O–H groups in total. The van der Waals surface area contributed by atoms with Crippen LogP contribution in [0.3, 0.4) is 0 Å². The first kappa shape index (κ1) is 20.1. The Kier molecular flexibility index (Phi) is 4.87. The zero-order valence-electron chi connectivity index (χ0n) is 16.6. The standard InChI is InChI=1S/C20H22F2N4O4/c1-11-3-6-16-17(26(11)30-12(2)27)8-7-15(18(16)29-20(21,22)19(23)28)13-9-24-25(10-13)14-4-5-14/h7-11,14H,3-6H2,1-2H3,(H2,23,28)/t11-/m0/s1. The van der Waals surface area contributed by atoms with Gasteiger partial charge in [0, 0.05) is 29.8 Å². The Labute approximate surface area is 171 Å². The molecule has 0 unspecified atom stereocenters. The van der Waals surface area contributed by atoms with E-state index in [0.717, 1.165) is 12.8 Å². The number of hydrogen-bond donors (Lipinski definition) is 1. The number of fused-ring (bicyclic) bond motifs is 1. The second-order valence-electron chi connectivity index (χ2n) is 7.66. The van der Waals surface area contributed by atoms with Crippen LogP contribution in [0.5, 0.6) is 5.75 Å². The largest absolute Gasteiger partial charge is 0.482 e. The molecule has 2 aromatic rings. The summed E-state index contributed by atoms with van der Waals surface area (Å²) in [5.74, 6) is -2.59. The van der Waals surface area contributed by atoms with Crippen LogP contribution >= 0.6 is 0 Å². The highest BCUT2D eigenvalue weighted by Gasteiger charge is 2.42. The Hall–Kier alpha value is -3.17. The van der Waals surface area contributed by atoms with Crippen molar-refractivity contribution < 1.29 is 27.9 Å². The van der Waals surface area contributed by atoms with Crippen LogP contribution in [0.2, 0.25) is 0 Å². The average molecular weight is 420 g/mol. The normalized spacial score (nSPS) is 18.7. The number of rotatable bonds is 6. The molecule has 0 bridgehead atoms. The van der Waals surface area contributed by atoms with Crippen molar-refractivity contribution in [2.75, 3.05) is 5.06 Å². The second kappa shape index (κ2) is 7.26. The lowest BCUT2D eigenvalue weighted by Crippen LogP contribution is -2.42. The van der Waals surface area contributed by atoms with Crippen molar-refractivity contribution >= 4 is 17.6 Å². The van der Waals surface area contributed by atoms with Gasteiger partial charge in [0.05, 0.1) is 24.0 Å². The van der Waals surface area contributed by atoms with Gasteiger partial charge >= 0.3 is 18.0 Å². The molecule has 1 aromatic heterocycles. The first-order valence-corrected chi connectivity index (χ1v) is 9.72. The second-order valence-corrected chi connectivity index (χ2v) is 7.66. The Morgan fingerprint density at radius 2 is 2.00 bits per heavy atom. The predicted octanol–water partition coefficient (Wildman–Crippen LogP) is 2.96. The minimum Gasteiger partial charge on any atom is -0.424 e. The van der Waals surface area contributed by atoms with E-state index < -0.39 is 18.0 Å². The molecule has 0 radical (unpaired) electrons. The van der Waals surface area contributed by atoms with Gasteiger partial charge in [-0.1, -0.05) is 0 Å². The van der Waals surface area contributed by atoms with E-state index in [1.165, 1.54) is 12.0 Å². The summed E-state index contributed by atoms with van der Waals surface area (Å²) in [4.78, 5) is 28.1. The van der Waals surface area contributed by atoms with Crippen molar-refractivity contribution in [1.29, 1.82) is 0 Å². The van der Waals surface area contributed by atoms with Crippen LogP contribution in [-0.4, -0.2) is 33.8 Å². The van der Waals surface area contributed by atoms with Crippen LogP contribution in [0.15, 0.2) is 24.5 Å². The van der Waals surface area contributed by atoms with E-state index in [1.807, 2.05) is 6.92 Å². The molecule has 1 amide bonds. The molecule has 10 heteroatoms. The molecule has 8 nitrogen and oxygen atoms in total. The number of halogens is 2. The van der Waals surface area contributed by atoms with E-state index >= 15 is 0 Å². The van der Waals surface area contributed by atoms with Crippen molar-refractivity contribution in [3.05, 3.63) is 30.1 Å². The maximum Gasteiger partial charge on any atom is 0.482 e. The SMILES string of the molecule is CC(=O)ON1c2ccc(-c3cnn(C4CC4)c3)c(OC(F)(F)C(N)=O)c2CC[C@@H]1C. The topological polar surface area (TPSA) is 99.7 Å². The minimum atomic E-state index is -4.20. The van der Waals surface area contributed by atoms with Gasteiger partial charge in [-0.25, -0.2) is 5.06 Å². The fourth-order valence-corrected chi connectivity index (χ4v) is 3.59. The fraction of sp³-hybridized carbons (Fsp3) is 0.450. The van der Waals surface area contributed by atoms with Crippen molar-refractivity contribution in [2.45, 2.75) is 57.7 Å². The zero-order valence-corrected chi connectivity index (χ0v) is 16.6. The lowest BCUT2D eigenvalue weighted by atomic mass is 9.93. The van der Waals surface area contributed by atoms with Gasteiger partial charge in [-0.3, -0.25) is 14.3 Å². The maximum absolute atomic E-state index is 14.2. The molecular weight excluding hydrogens is 398 g/mol. The first-order valence-electron chi connectivity index (χ1n) is 9.72. The lowest BCUT2D eigenvalue weighted by molar-refractivity contribution is -0.189. The Morgan fingerprint density at radius 1 is 1.27 bits per heavy atom. The summed E-state index contributed by atoms with van der Waals surface area (Å²) in [6.45, 7) is 3.12. The van der Waals surface area contributed by atoms with Crippen LogP contribution in [0.25, 0.3) is 11.1 Å². The number of primary amides is 1. The van der Waals surface area contributed by atoms with E-state index in [-0.39, 0.29) is 11.8 Å². The number of ether oxygens (including phenoxy) is 1. The Bertz CT molecular complexity index is 1000. The highest BCUT2D eigenvalue weighted by Crippen LogP contribution is 2.45. The molecule has 1 aliphatic heterocycles. The van der Waals surface area contributed by atoms with E-state index in [2.05, 4.69) is 5.10 Å². The van der Waals surface area contributed by atoms with Crippen LogP contribution in [0.4, 0.5) is 14.5 Å². The summed E-state index contributed by atoms with van der Waals surface area (Å²) in [6, 6.07) is 3.43. The van der Waals surface area contributed by atoms with E-state index in [1.54, 1.807) is 29.2 Å². The number of anilines is 1. The fourth-order valence-electron chi connectivity index (χ4n) is 3.59. The van der Waals surface area contributed by atoms with Gasteiger partial charge in [-0.05, 0) is 44.7 Å². The van der Waals surface area contributed by atoms with Crippen LogP contribution in [0, 0.1) is 0 Å². The summed E-state index contributed by atoms with van der Waals surface area (Å²) < 4.78 is 35.1. The van der Waals surface area contributed by atoms with Gasteiger partial charge in [0.25, 0.3) is 0 Å². The highest BCUT2D eigenvalue weighted by molar-refractivity contribution is 5.82. The number of nitrogens with two attached hydrogens (primary N) is 1. The molecule has 1 aromatic carbocycles. The third-order valence-corrected chi connectivity index (χ3v) is 5.26. The number of benzene rings is 1. The van der Waals surface area contributed by atoms with E-state index in [9.17, 15) is 18.4 Å². The van der Waals surface area contributed by atoms with E-state index in [0.29, 0.717) is 41.3 Å². The number of amides is 1. The summed E-state index contributed by atoms with van der Waals surface area (Å²) in [6.07, 6.45) is 2.10. The molecule has 2 aliphatic rings. The summed E-state index contributed by atoms with van der Waals surface area (Å²) in [7, 11) is 0. The van der Waals surface area contributed by atoms with Gasteiger partial charge in [-0.15, -0.1) is 0 Å². The molecule has 0 spiro atoms. The van der Waals surface area contributed by atoms with E-state index in [4.69, 9.17) is 15.3 Å². The highest BCUT2D eigenvalue weighted by atomic mass is 19.3. The molecule has 1 saturated carbocycles. The third kappa shape index (κ3) is 3.69. The first-order chi connectivity index (χ1) is 14.2. The Morgan fingerprint density at radius 3 is 2.63 bits per heavy atom. The minimum absolute atomic E-state index is 0.158. The molecule has 4 rings (SSSR count). The summed E-state index contributed by atoms with van der Waals surface area (Å²) in [5, 5.41) is 5.69. The number of carbonyl (C=O) groups excluding carboxylic acids is 2. The Balaban J connectivity index is 1.83. The van der Waals surface area contributed by atoms with Crippen LogP contribution < -0.4 is 15.5 Å². The number of hydroxylamine groups is 1. The lowest BCUT2D eigenvalue weighted by Gasteiger charge is -2.36. The van der Waals surface area contributed by atoms with Crippen molar-refractivity contribution in [3.63, 3.8) is 0 Å². The van der Waals surface area contributed by atoms with Crippen LogP contribution in [-0.2, 0) is 20.8 Å². The number of aromatic nitrogens is 2. The molecular formula is C20H22F2N4O4. The molecule has 30 heavy (non-hydrogen) atoms. The summed E-state index contributed by atoms with van der Waals surface area (Å²) in [5.41, 5.74) is 6.62. The van der Waals surface area contributed by atoms with Crippen molar-refractivity contribution in [3.8, 4) is 16.9 Å². The smallest absolute Gasteiger partial charge is 0.424 e. The third-order valence-electron chi connectivity index (χ3n) is 5.26. The number of alkyl halides is 2. The van der Waals surface area contributed by atoms with Crippen LogP contribution in [0.1, 0.15) is 44.7 Å². The predicted molar refractivity (Wildman–Crippen MR) is 103 cm³/mol. The van der Waals surface area contributed by atoms with Crippen molar-refractivity contribution in [2.24, 2.45) is 5.73 Å². The molecule has 1 fully saturated rings. The number of carbonyl (C=O) groups is 2. The van der Waals surface area contributed by atoms with Crippen molar-refractivity contribution in [1.82, 2.24) is 9.78 Å². The summed E-state index contributed by atoms with van der Waals surface area (Å²) >= 11 is 0.